The highest BCUT2D eigenvalue weighted by atomic mass is 16.2. The highest BCUT2D eigenvalue weighted by Crippen LogP contribution is 2.44. The standard InChI is InChI=1S/C16H18N2O/c19-16(12-5-7-17-8-6-12)18-14-3-4-15(18)10-13(9-14)11-1-2-11/h5-8,14-15H,1-4,9-10H2. The molecular weight excluding hydrogens is 236 g/mol. The molecule has 1 aromatic heterocycles. The molecule has 3 heteroatoms. The normalized spacial score (nSPS) is 28.7. The Labute approximate surface area is 113 Å². The van der Waals surface area contributed by atoms with E-state index >= 15 is 0 Å². The molecule has 3 nitrogen and oxygen atoms in total. The van der Waals surface area contributed by atoms with Gasteiger partial charge in [0.15, 0.2) is 0 Å². The SMILES string of the molecule is O=C(c1ccncc1)N1C2CCC1CC(=C1CC1)C2. The fourth-order valence-electron chi connectivity index (χ4n) is 3.69. The van der Waals surface area contributed by atoms with Crippen molar-refractivity contribution in [3.8, 4) is 0 Å². The van der Waals surface area contributed by atoms with Gasteiger partial charge in [0.1, 0.15) is 0 Å². The summed E-state index contributed by atoms with van der Waals surface area (Å²) in [5.41, 5.74) is 4.15. The molecule has 0 spiro atoms. The number of carbonyl (C=O) groups excluding carboxylic acids is 1. The van der Waals surface area contributed by atoms with E-state index in [1.54, 1.807) is 23.5 Å². The van der Waals surface area contributed by atoms with Gasteiger partial charge in [-0.15, -0.1) is 0 Å². The number of rotatable bonds is 1. The molecule has 3 heterocycles. The van der Waals surface area contributed by atoms with Gasteiger partial charge in [0, 0.05) is 30.0 Å². The van der Waals surface area contributed by atoms with E-state index in [-0.39, 0.29) is 5.91 Å². The molecule has 3 aliphatic rings. The number of piperidine rings is 1. The molecule has 1 aromatic rings. The molecule has 2 atom stereocenters. The lowest BCUT2D eigenvalue weighted by molar-refractivity contribution is 0.0634. The first-order chi connectivity index (χ1) is 9.33. The van der Waals surface area contributed by atoms with Crippen molar-refractivity contribution in [1.29, 1.82) is 0 Å². The van der Waals surface area contributed by atoms with Crippen LogP contribution in [0.1, 0.15) is 48.9 Å². The summed E-state index contributed by atoms with van der Waals surface area (Å²) < 4.78 is 0. The molecule has 0 aromatic carbocycles. The molecule has 2 bridgehead atoms. The summed E-state index contributed by atoms with van der Waals surface area (Å²) in [6, 6.07) is 4.55. The Balaban J connectivity index is 1.60. The summed E-state index contributed by atoms with van der Waals surface area (Å²) in [5.74, 6) is 0.203. The summed E-state index contributed by atoms with van der Waals surface area (Å²) in [5, 5.41) is 0. The van der Waals surface area contributed by atoms with Crippen molar-refractivity contribution in [3.05, 3.63) is 41.2 Å². The monoisotopic (exact) mass is 254 g/mol. The molecule has 1 aliphatic carbocycles. The Morgan fingerprint density at radius 1 is 1.05 bits per heavy atom. The van der Waals surface area contributed by atoms with Crippen LogP contribution in [0.5, 0.6) is 0 Å². The highest BCUT2D eigenvalue weighted by molar-refractivity contribution is 5.94. The lowest BCUT2D eigenvalue weighted by Gasteiger charge is -2.36. The van der Waals surface area contributed by atoms with E-state index in [0.29, 0.717) is 12.1 Å². The predicted octanol–water partition coefficient (Wildman–Crippen LogP) is 2.94. The molecule has 1 saturated carbocycles. The maximum atomic E-state index is 12.6. The van der Waals surface area contributed by atoms with E-state index in [2.05, 4.69) is 9.88 Å². The zero-order valence-corrected chi connectivity index (χ0v) is 11.0. The first-order valence-corrected chi connectivity index (χ1v) is 7.25. The molecule has 98 valence electrons. The minimum atomic E-state index is 0.203. The van der Waals surface area contributed by atoms with Gasteiger partial charge in [-0.05, 0) is 50.7 Å². The molecule has 2 saturated heterocycles. The van der Waals surface area contributed by atoms with Crippen molar-refractivity contribution in [2.75, 3.05) is 0 Å². The zero-order valence-electron chi connectivity index (χ0n) is 11.0. The van der Waals surface area contributed by atoms with Gasteiger partial charge >= 0.3 is 0 Å². The molecule has 1 amide bonds. The van der Waals surface area contributed by atoms with E-state index < -0.39 is 0 Å². The van der Waals surface area contributed by atoms with Gasteiger partial charge in [-0.3, -0.25) is 9.78 Å². The summed E-state index contributed by atoms with van der Waals surface area (Å²) >= 11 is 0. The summed E-state index contributed by atoms with van der Waals surface area (Å²) in [4.78, 5) is 18.8. The Morgan fingerprint density at radius 3 is 2.26 bits per heavy atom. The van der Waals surface area contributed by atoms with Crippen molar-refractivity contribution in [2.24, 2.45) is 0 Å². The Bertz CT molecular complexity index is 527. The minimum absolute atomic E-state index is 0.203. The van der Waals surface area contributed by atoms with Gasteiger partial charge < -0.3 is 4.90 Å². The molecule has 2 aliphatic heterocycles. The quantitative estimate of drug-likeness (QED) is 0.722. The maximum Gasteiger partial charge on any atom is 0.254 e. The zero-order chi connectivity index (χ0) is 12.8. The van der Waals surface area contributed by atoms with E-state index in [0.717, 1.165) is 18.4 Å². The second-order valence-corrected chi connectivity index (χ2v) is 5.95. The number of hydrogen-bond donors (Lipinski definition) is 0. The number of hydrogen-bond acceptors (Lipinski definition) is 2. The molecule has 2 unspecified atom stereocenters. The Morgan fingerprint density at radius 2 is 1.68 bits per heavy atom. The Kier molecular flexibility index (Phi) is 2.47. The molecule has 19 heavy (non-hydrogen) atoms. The third kappa shape index (κ3) is 1.88. The van der Waals surface area contributed by atoms with Crippen LogP contribution in [0.2, 0.25) is 0 Å². The smallest absolute Gasteiger partial charge is 0.254 e. The lowest BCUT2D eigenvalue weighted by atomic mass is 9.95. The molecule has 0 radical (unpaired) electrons. The fourth-order valence-corrected chi connectivity index (χ4v) is 3.69. The van der Waals surface area contributed by atoms with Crippen LogP contribution in [0.15, 0.2) is 35.7 Å². The van der Waals surface area contributed by atoms with Crippen molar-refractivity contribution in [1.82, 2.24) is 9.88 Å². The van der Waals surface area contributed by atoms with Crippen LogP contribution < -0.4 is 0 Å². The Hall–Kier alpha value is -1.64. The molecule has 3 fully saturated rings. The van der Waals surface area contributed by atoms with Gasteiger partial charge in [-0.25, -0.2) is 0 Å². The number of aromatic nitrogens is 1. The van der Waals surface area contributed by atoms with Crippen molar-refractivity contribution in [2.45, 2.75) is 50.6 Å². The largest absolute Gasteiger partial charge is 0.332 e. The molecule has 4 rings (SSSR count). The second kappa shape index (κ2) is 4.19. The minimum Gasteiger partial charge on any atom is -0.332 e. The number of carbonyl (C=O) groups is 1. The average Bonchev–Trinajstić information content (AvgIpc) is 3.25. The van der Waals surface area contributed by atoms with Crippen LogP contribution in [0, 0.1) is 0 Å². The second-order valence-electron chi connectivity index (χ2n) is 5.95. The van der Waals surface area contributed by atoms with Crippen LogP contribution in [0.3, 0.4) is 0 Å². The topological polar surface area (TPSA) is 33.2 Å². The van der Waals surface area contributed by atoms with Gasteiger partial charge in [-0.1, -0.05) is 11.1 Å². The van der Waals surface area contributed by atoms with Crippen molar-refractivity contribution >= 4 is 5.91 Å². The van der Waals surface area contributed by atoms with Crippen LogP contribution in [-0.4, -0.2) is 27.9 Å². The third-order valence-corrected chi connectivity index (χ3v) is 4.75. The fraction of sp³-hybridized carbons (Fsp3) is 0.500. The summed E-state index contributed by atoms with van der Waals surface area (Å²) in [7, 11) is 0. The number of allylic oxidation sites excluding steroid dienone is 1. The number of fused-ring (bicyclic) bond motifs is 2. The lowest BCUT2D eigenvalue weighted by Crippen LogP contribution is -2.44. The van der Waals surface area contributed by atoms with Crippen LogP contribution >= 0.6 is 0 Å². The van der Waals surface area contributed by atoms with E-state index in [1.165, 1.54) is 25.7 Å². The van der Waals surface area contributed by atoms with Gasteiger partial charge in [-0.2, -0.15) is 0 Å². The number of pyridine rings is 1. The maximum absolute atomic E-state index is 12.6. The third-order valence-electron chi connectivity index (χ3n) is 4.75. The van der Waals surface area contributed by atoms with Crippen molar-refractivity contribution in [3.63, 3.8) is 0 Å². The van der Waals surface area contributed by atoms with Crippen LogP contribution in [-0.2, 0) is 0 Å². The number of nitrogens with zero attached hydrogens (tertiary/aromatic N) is 2. The summed E-state index contributed by atoms with van der Waals surface area (Å²) in [6.07, 6.45) is 10.6. The van der Waals surface area contributed by atoms with E-state index in [4.69, 9.17) is 0 Å². The first-order valence-electron chi connectivity index (χ1n) is 7.25. The summed E-state index contributed by atoms with van der Waals surface area (Å²) in [6.45, 7) is 0. The molecule has 0 N–H and O–H groups in total. The predicted molar refractivity (Wildman–Crippen MR) is 72.7 cm³/mol. The van der Waals surface area contributed by atoms with Crippen LogP contribution in [0.25, 0.3) is 0 Å². The van der Waals surface area contributed by atoms with Gasteiger partial charge in [0.05, 0.1) is 0 Å². The van der Waals surface area contributed by atoms with E-state index in [9.17, 15) is 4.79 Å². The molecular formula is C16H18N2O. The first kappa shape index (κ1) is 11.2. The van der Waals surface area contributed by atoms with E-state index in [1.807, 2.05) is 12.1 Å². The van der Waals surface area contributed by atoms with Crippen molar-refractivity contribution < 1.29 is 4.79 Å². The van der Waals surface area contributed by atoms with Gasteiger partial charge in [0.25, 0.3) is 5.91 Å². The number of amides is 1. The van der Waals surface area contributed by atoms with Crippen LogP contribution in [0.4, 0.5) is 0 Å². The van der Waals surface area contributed by atoms with Gasteiger partial charge in [0.2, 0.25) is 0 Å². The average molecular weight is 254 g/mol. The highest BCUT2D eigenvalue weighted by Gasteiger charge is 2.42.